The van der Waals surface area contributed by atoms with Gasteiger partial charge in [-0.1, -0.05) is 0 Å². The average molecular weight is 303 g/mol. The van der Waals surface area contributed by atoms with E-state index >= 15 is 0 Å². The highest BCUT2D eigenvalue weighted by atomic mass is 32.2. The summed E-state index contributed by atoms with van der Waals surface area (Å²) in [4.78, 5) is 0.193. The van der Waals surface area contributed by atoms with Gasteiger partial charge in [0.25, 0.3) is 0 Å². The lowest BCUT2D eigenvalue weighted by Gasteiger charge is -2.11. The Bertz CT molecular complexity index is 560. The van der Waals surface area contributed by atoms with Crippen LogP contribution in [0.4, 0.5) is 10.8 Å². The molecule has 1 saturated carbocycles. The standard InChI is InChI=1S/C11H17N3O3S2/c12-10-9(19(15,16)8-3-4-8)11(18-14-10)13-6-7-2-1-5-17-7/h7-8,13H,1-6H2,(H2,12,14). The van der Waals surface area contributed by atoms with Gasteiger partial charge in [-0.25, -0.2) is 8.42 Å². The number of nitrogens with one attached hydrogen (secondary N) is 1. The second kappa shape index (κ2) is 4.92. The second-order valence-electron chi connectivity index (χ2n) is 4.99. The third-order valence-corrected chi connectivity index (χ3v) is 6.72. The van der Waals surface area contributed by atoms with E-state index in [-0.39, 0.29) is 22.1 Å². The zero-order chi connectivity index (χ0) is 13.5. The molecule has 6 nitrogen and oxygen atoms in total. The van der Waals surface area contributed by atoms with Gasteiger partial charge in [-0.15, -0.1) is 0 Å². The number of nitrogen functional groups attached to an aromatic ring is 1. The van der Waals surface area contributed by atoms with Crippen molar-refractivity contribution in [2.24, 2.45) is 0 Å². The maximum Gasteiger partial charge on any atom is 0.187 e. The minimum atomic E-state index is -3.31. The Morgan fingerprint density at radius 1 is 1.42 bits per heavy atom. The monoisotopic (exact) mass is 303 g/mol. The highest BCUT2D eigenvalue weighted by Gasteiger charge is 2.40. The summed E-state index contributed by atoms with van der Waals surface area (Å²) in [5.41, 5.74) is 5.73. The Balaban J connectivity index is 1.78. The zero-order valence-electron chi connectivity index (χ0n) is 10.5. The molecule has 2 fully saturated rings. The van der Waals surface area contributed by atoms with E-state index in [1.54, 1.807) is 0 Å². The molecule has 0 bridgehead atoms. The third-order valence-electron chi connectivity index (χ3n) is 3.44. The van der Waals surface area contributed by atoms with Crippen LogP contribution < -0.4 is 11.1 Å². The quantitative estimate of drug-likeness (QED) is 0.850. The molecule has 0 aromatic carbocycles. The van der Waals surface area contributed by atoms with Gasteiger partial charge in [-0.05, 0) is 37.2 Å². The summed E-state index contributed by atoms with van der Waals surface area (Å²) in [5, 5.41) is 3.42. The van der Waals surface area contributed by atoms with Crippen molar-refractivity contribution in [2.75, 3.05) is 24.2 Å². The fourth-order valence-electron chi connectivity index (χ4n) is 2.24. The van der Waals surface area contributed by atoms with Crippen LogP contribution in [0.1, 0.15) is 25.7 Å². The molecule has 0 spiro atoms. The van der Waals surface area contributed by atoms with E-state index in [9.17, 15) is 8.42 Å². The van der Waals surface area contributed by atoms with Gasteiger partial charge in [0.2, 0.25) is 0 Å². The van der Waals surface area contributed by atoms with E-state index in [1.807, 2.05) is 0 Å². The van der Waals surface area contributed by atoms with E-state index in [2.05, 4.69) is 9.69 Å². The van der Waals surface area contributed by atoms with Crippen molar-refractivity contribution in [2.45, 2.75) is 41.9 Å². The van der Waals surface area contributed by atoms with Crippen molar-refractivity contribution in [3.05, 3.63) is 0 Å². The number of aromatic nitrogens is 1. The van der Waals surface area contributed by atoms with Gasteiger partial charge in [-0.3, -0.25) is 0 Å². The zero-order valence-corrected chi connectivity index (χ0v) is 12.1. The summed E-state index contributed by atoms with van der Waals surface area (Å²) in [6.45, 7) is 1.39. The van der Waals surface area contributed by atoms with Crippen LogP contribution in [0.2, 0.25) is 0 Å². The van der Waals surface area contributed by atoms with Crippen molar-refractivity contribution in [3.63, 3.8) is 0 Å². The molecule has 8 heteroatoms. The molecule has 1 atom stereocenters. The first-order chi connectivity index (χ1) is 9.09. The van der Waals surface area contributed by atoms with Crippen LogP contribution in [-0.4, -0.2) is 37.3 Å². The molecule has 0 amide bonds. The minimum absolute atomic E-state index is 0.117. The molecule has 1 aliphatic heterocycles. The van der Waals surface area contributed by atoms with Crippen molar-refractivity contribution >= 4 is 32.2 Å². The highest BCUT2D eigenvalue weighted by Crippen LogP contribution is 2.41. The lowest BCUT2D eigenvalue weighted by Crippen LogP contribution is -2.19. The number of ether oxygens (including phenoxy) is 1. The molecule has 1 aliphatic carbocycles. The van der Waals surface area contributed by atoms with Gasteiger partial charge in [0.05, 0.1) is 11.4 Å². The predicted molar refractivity (Wildman–Crippen MR) is 74.2 cm³/mol. The average Bonchev–Trinajstić information content (AvgIpc) is 2.99. The molecule has 19 heavy (non-hydrogen) atoms. The van der Waals surface area contributed by atoms with Crippen molar-refractivity contribution in [3.8, 4) is 0 Å². The maximum atomic E-state index is 12.3. The summed E-state index contributed by atoms with van der Waals surface area (Å²) in [6, 6.07) is 0. The third kappa shape index (κ3) is 2.56. The molecule has 1 aromatic heterocycles. The lowest BCUT2D eigenvalue weighted by molar-refractivity contribution is 0.120. The predicted octanol–water partition coefficient (Wildman–Crippen LogP) is 1.25. The first-order valence-corrected chi connectivity index (χ1v) is 8.75. The highest BCUT2D eigenvalue weighted by molar-refractivity contribution is 7.92. The van der Waals surface area contributed by atoms with Crippen LogP contribution >= 0.6 is 11.5 Å². The minimum Gasteiger partial charge on any atom is -0.382 e. The Morgan fingerprint density at radius 3 is 2.84 bits per heavy atom. The van der Waals surface area contributed by atoms with Gasteiger partial charge in [0.1, 0.15) is 9.90 Å². The number of nitrogens with zero attached hydrogens (tertiary/aromatic N) is 1. The summed E-state index contributed by atoms with van der Waals surface area (Å²) in [6.07, 6.45) is 3.67. The van der Waals surface area contributed by atoms with E-state index < -0.39 is 9.84 Å². The molecule has 0 radical (unpaired) electrons. The van der Waals surface area contributed by atoms with Gasteiger partial charge in [0.15, 0.2) is 15.7 Å². The normalized spacial score (nSPS) is 23.7. The molecular weight excluding hydrogens is 286 g/mol. The van der Waals surface area contributed by atoms with Crippen LogP contribution in [0, 0.1) is 0 Å². The van der Waals surface area contributed by atoms with E-state index in [1.165, 1.54) is 0 Å². The SMILES string of the molecule is Nc1nsc(NCC2CCCO2)c1S(=O)(=O)C1CC1. The van der Waals surface area contributed by atoms with Gasteiger partial charge in [0, 0.05) is 13.2 Å². The largest absolute Gasteiger partial charge is 0.382 e. The first-order valence-electron chi connectivity index (χ1n) is 6.43. The van der Waals surface area contributed by atoms with Crippen LogP contribution in [0.3, 0.4) is 0 Å². The fraction of sp³-hybridized carbons (Fsp3) is 0.727. The number of hydrogen-bond acceptors (Lipinski definition) is 7. The van der Waals surface area contributed by atoms with E-state index in [0.29, 0.717) is 11.5 Å². The number of anilines is 2. The maximum absolute atomic E-state index is 12.3. The Kier molecular flexibility index (Phi) is 3.40. The summed E-state index contributed by atoms with van der Waals surface area (Å²) in [7, 11) is -3.31. The van der Waals surface area contributed by atoms with Crippen molar-refractivity contribution in [1.82, 2.24) is 4.37 Å². The Morgan fingerprint density at radius 2 is 2.21 bits per heavy atom. The van der Waals surface area contributed by atoms with Gasteiger partial charge < -0.3 is 15.8 Å². The summed E-state index contributed by atoms with van der Waals surface area (Å²) >= 11 is 1.11. The van der Waals surface area contributed by atoms with Crippen LogP contribution in [-0.2, 0) is 14.6 Å². The molecule has 2 aliphatic rings. The molecule has 1 aromatic rings. The first kappa shape index (κ1) is 13.1. The summed E-state index contributed by atoms with van der Waals surface area (Å²) in [5.74, 6) is 0.117. The number of nitrogens with two attached hydrogens (primary N) is 1. The lowest BCUT2D eigenvalue weighted by atomic mass is 10.2. The topological polar surface area (TPSA) is 94.3 Å². The summed E-state index contributed by atoms with van der Waals surface area (Å²) < 4.78 is 34.1. The van der Waals surface area contributed by atoms with E-state index in [4.69, 9.17) is 10.5 Å². The van der Waals surface area contributed by atoms with Gasteiger partial charge in [-0.2, -0.15) is 4.37 Å². The molecule has 1 unspecified atom stereocenters. The van der Waals surface area contributed by atoms with Crippen molar-refractivity contribution < 1.29 is 13.2 Å². The smallest absolute Gasteiger partial charge is 0.187 e. The molecular formula is C11H17N3O3S2. The van der Waals surface area contributed by atoms with Crippen LogP contribution in [0.5, 0.6) is 0 Å². The van der Waals surface area contributed by atoms with Crippen LogP contribution in [0.25, 0.3) is 0 Å². The molecule has 106 valence electrons. The molecule has 3 rings (SSSR count). The Hall–Kier alpha value is -0.860. The molecule has 3 N–H and O–H groups in total. The molecule has 1 saturated heterocycles. The van der Waals surface area contributed by atoms with Crippen molar-refractivity contribution in [1.29, 1.82) is 0 Å². The number of rotatable bonds is 5. The Labute approximate surface area is 116 Å². The number of sulfone groups is 1. The number of hydrogen-bond donors (Lipinski definition) is 2. The second-order valence-corrected chi connectivity index (χ2v) is 7.92. The van der Waals surface area contributed by atoms with Crippen LogP contribution in [0.15, 0.2) is 4.90 Å². The fourth-order valence-corrected chi connectivity index (χ4v) is 5.13. The van der Waals surface area contributed by atoms with Gasteiger partial charge >= 0.3 is 0 Å². The van der Waals surface area contributed by atoms with E-state index in [0.717, 1.165) is 43.8 Å². The molecule has 2 heterocycles.